The Bertz CT molecular complexity index is 652. The van der Waals surface area contributed by atoms with Crippen LogP contribution in [0.4, 0.5) is 0 Å². The first-order chi connectivity index (χ1) is 9.15. The zero-order chi connectivity index (χ0) is 13.8. The molecule has 0 unspecified atom stereocenters. The van der Waals surface area contributed by atoms with Crippen molar-refractivity contribution in [3.05, 3.63) is 24.0 Å². The van der Waals surface area contributed by atoms with Gasteiger partial charge in [0.25, 0.3) is 0 Å². The van der Waals surface area contributed by atoms with E-state index >= 15 is 0 Å². The minimum atomic E-state index is -0.850. The van der Waals surface area contributed by atoms with E-state index in [9.17, 15) is 4.79 Å². The van der Waals surface area contributed by atoms with E-state index in [1.165, 1.54) is 0 Å². The van der Waals surface area contributed by atoms with Crippen LogP contribution in [0.2, 0.25) is 0 Å². The Balaban J connectivity index is 2.46. The summed E-state index contributed by atoms with van der Waals surface area (Å²) in [7, 11) is 1.59. The van der Waals surface area contributed by atoms with Crippen LogP contribution < -0.4 is 4.74 Å². The van der Waals surface area contributed by atoms with Crippen LogP contribution in [0.3, 0.4) is 0 Å². The number of carbonyl (C=O) groups is 1. The van der Waals surface area contributed by atoms with E-state index in [4.69, 9.17) is 16.3 Å². The van der Waals surface area contributed by atoms with Gasteiger partial charge < -0.3 is 14.4 Å². The van der Waals surface area contributed by atoms with E-state index in [0.717, 1.165) is 11.0 Å². The highest BCUT2D eigenvalue weighted by molar-refractivity contribution is 5.78. The molecule has 0 fully saturated rings. The molecule has 0 bridgehead atoms. The van der Waals surface area contributed by atoms with Crippen LogP contribution in [0.15, 0.2) is 18.2 Å². The number of carboxylic acids is 1. The summed E-state index contributed by atoms with van der Waals surface area (Å²) < 4.78 is 7.00. The first kappa shape index (κ1) is 13.0. The summed E-state index contributed by atoms with van der Waals surface area (Å²) in [5.41, 5.74) is 1.65. The molecule has 1 aromatic carbocycles. The normalized spacial score (nSPS) is 10.3. The lowest BCUT2D eigenvalue weighted by Crippen LogP contribution is -2.06. The minimum Gasteiger partial charge on any atom is -0.497 e. The summed E-state index contributed by atoms with van der Waals surface area (Å²) in [6, 6.07) is 5.52. The maximum Gasteiger partial charge on any atom is 0.303 e. The molecule has 19 heavy (non-hydrogen) atoms. The Morgan fingerprint density at radius 2 is 2.37 bits per heavy atom. The molecule has 0 amide bonds. The van der Waals surface area contributed by atoms with Gasteiger partial charge in [0.05, 0.1) is 31.1 Å². The number of rotatable bonds is 5. The molecule has 2 rings (SSSR count). The van der Waals surface area contributed by atoms with Gasteiger partial charge in [-0.25, -0.2) is 4.98 Å². The predicted octanol–water partition coefficient (Wildman–Crippen LogP) is 1.70. The molecule has 1 aromatic heterocycles. The zero-order valence-electron chi connectivity index (χ0n) is 10.6. The topological polar surface area (TPSA) is 64.4 Å². The minimum absolute atomic E-state index is 0.0328. The van der Waals surface area contributed by atoms with Gasteiger partial charge in [0, 0.05) is 12.5 Å². The third-order valence-electron chi connectivity index (χ3n) is 2.85. The number of ether oxygens (including phenoxy) is 1. The maximum absolute atomic E-state index is 10.7. The lowest BCUT2D eigenvalue weighted by Gasteiger charge is -2.04. The largest absolute Gasteiger partial charge is 0.497 e. The van der Waals surface area contributed by atoms with Gasteiger partial charge >= 0.3 is 5.97 Å². The number of carboxylic acid groups (broad SMARTS) is 1. The maximum atomic E-state index is 10.7. The third kappa shape index (κ3) is 2.68. The fraction of sp³-hybridized carbons (Fsp3) is 0.286. The van der Waals surface area contributed by atoms with Crippen LogP contribution in [-0.2, 0) is 17.8 Å². The Morgan fingerprint density at radius 3 is 3.00 bits per heavy atom. The number of aliphatic carboxylic acids is 1. The molecule has 5 heteroatoms. The zero-order valence-corrected chi connectivity index (χ0v) is 10.6. The number of methoxy groups -OCH3 is 1. The second-order valence-electron chi connectivity index (χ2n) is 4.07. The van der Waals surface area contributed by atoms with E-state index in [-0.39, 0.29) is 6.42 Å². The Morgan fingerprint density at radius 1 is 1.58 bits per heavy atom. The highest BCUT2D eigenvalue weighted by atomic mass is 16.5. The van der Waals surface area contributed by atoms with Crippen LogP contribution in [-0.4, -0.2) is 27.7 Å². The van der Waals surface area contributed by atoms with Crippen molar-refractivity contribution in [1.82, 2.24) is 9.55 Å². The van der Waals surface area contributed by atoms with Gasteiger partial charge in [-0.3, -0.25) is 4.79 Å². The lowest BCUT2D eigenvalue weighted by atomic mass is 10.3. The number of hydrogen-bond donors (Lipinski definition) is 1. The standard InChI is InChI=1S/C14H14N2O3/c1-3-8-16-12-5-4-10(19-2)9-11(12)15-13(16)6-7-14(17)18/h1,4-5,9H,6-8H2,2H3,(H,17,18). The first-order valence-corrected chi connectivity index (χ1v) is 5.84. The summed E-state index contributed by atoms with van der Waals surface area (Å²) in [5.74, 6) is 3.11. The van der Waals surface area contributed by atoms with Crippen molar-refractivity contribution in [3.8, 4) is 18.1 Å². The summed E-state index contributed by atoms with van der Waals surface area (Å²) in [5, 5.41) is 8.76. The number of aryl methyl sites for hydroxylation is 1. The second kappa shape index (κ2) is 5.44. The molecule has 1 heterocycles. The third-order valence-corrected chi connectivity index (χ3v) is 2.85. The highest BCUT2D eigenvalue weighted by Crippen LogP contribution is 2.22. The van der Waals surface area contributed by atoms with Gasteiger partial charge in [-0.05, 0) is 12.1 Å². The van der Waals surface area contributed by atoms with Gasteiger partial charge in [-0.15, -0.1) is 6.42 Å². The van der Waals surface area contributed by atoms with Crippen molar-refractivity contribution < 1.29 is 14.6 Å². The quantitative estimate of drug-likeness (QED) is 0.829. The van der Waals surface area contributed by atoms with E-state index in [0.29, 0.717) is 24.5 Å². The Hall–Kier alpha value is -2.48. The highest BCUT2D eigenvalue weighted by Gasteiger charge is 2.12. The van der Waals surface area contributed by atoms with Crippen LogP contribution in [0.1, 0.15) is 12.2 Å². The summed E-state index contributed by atoms with van der Waals surface area (Å²) in [4.78, 5) is 15.1. The van der Waals surface area contributed by atoms with Crippen molar-refractivity contribution in [3.63, 3.8) is 0 Å². The van der Waals surface area contributed by atoms with Crippen molar-refractivity contribution in [2.45, 2.75) is 19.4 Å². The van der Waals surface area contributed by atoms with Gasteiger partial charge in [-0.1, -0.05) is 5.92 Å². The molecule has 0 radical (unpaired) electrons. The fourth-order valence-corrected chi connectivity index (χ4v) is 1.96. The number of benzene rings is 1. The number of aromatic nitrogens is 2. The van der Waals surface area contributed by atoms with Crippen molar-refractivity contribution in [2.24, 2.45) is 0 Å². The molecule has 1 N–H and O–H groups in total. The van der Waals surface area contributed by atoms with E-state index < -0.39 is 5.97 Å². The molecule has 0 aliphatic heterocycles. The number of imidazole rings is 1. The Kier molecular flexibility index (Phi) is 3.71. The van der Waals surface area contributed by atoms with Crippen molar-refractivity contribution in [1.29, 1.82) is 0 Å². The number of terminal acetylenes is 1. The first-order valence-electron chi connectivity index (χ1n) is 5.84. The predicted molar refractivity (Wildman–Crippen MR) is 71.1 cm³/mol. The van der Waals surface area contributed by atoms with Gasteiger partial charge in [0.1, 0.15) is 11.6 Å². The van der Waals surface area contributed by atoms with Crippen molar-refractivity contribution >= 4 is 17.0 Å². The monoisotopic (exact) mass is 258 g/mol. The smallest absolute Gasteiger partial charge is 0.303 e. The molecule has 0 saturated carbocycles. The lowest BCUT2D eigenvalue weighted by molar-refractivity contribution is -0.137. The van der Waals surface area contributed by atoms with Gasteiger partial charge in [0.15, 0.2) is 0 Å². The molecular formula is C14H14N2O3. The van der Waals surface area contributed by atoms with Crippen LogP contribution >= 0.6 is 0 Å². The fourth-order valence-electron chi connectivity index (χ4n) is 1.96. The van der Waals surface area contributed by atoms with Crippen LogP contribution in [0.25, 0.3) is 11.0 Å². The molecule has 0 aliphatic rings. The van der Waals surface area contributed by atoms with Crippen molar-refractivity contribution in [2.75, 3.05) is 7.11 Å². The summed E-state index contributed by atoms with van der Waals surface area (Å²) in [6.45, 7) is 0.373. The number of hydrogen-bond acceptors (Lipinski definition) is 3. The Labute approximate surface area is 110 Å². The van der Waals surface area contributed by atoms with Gasteiger partial charge in [0.2, 0.25) is 0 Å². The summed E-state index contributed by atoms with van der Waals surface area (Å²) in [6.07, 6.45) is 5.74. The average molecular weight is 258 g/mol. The molecule has 0 spiro atoms. The number of nitrogens with zero attached hydrogens (tertiary/aromatic N) is 2. The van der Waals surface area contributed by atoms with Crippen LogP contribution in [0.5, 0.6) is 5.75 Å². The molecular weight excluding hydrogens is 244 g/mol. The molecule has 0 aliphatic carbocycles. The second-order valence-corrected chi connectivity index (χ2v) is 4.07. The van der Waals surface area contributed by atoms with E-state index in [1.54, 1.807) is 7.11 Å². The average Bonchev–Trinajstić information content (AvgIpc) is 2.74. The molecule has 5 nitrogen and oxygen atoms in total. The van der Waals surface area contributed by atoms with E-state index in [2.05, 4.69) is 10.9 Å². The SMILES string of the molecule is C#CCn1c(CCC(=O)O)nc2cc(OC)ccc21. The van der Waals surface area contributed by atoms with Gasteiger partial charge in [-0.2, -0.15) is 0 Å². The molecule has 2 aromatic rings. The number of fused-ring (bicyclic) bond motifs is 1. The molecule has 0 atom stereocenters. The van der Waals surface area contributed by atoms with E-state index in [1.807, 2.05) is 22.8 Å². The molecule has 0 saturated heterocycles. The summed E-state index contributed by atoms with van der Waals surface area (Å²) >= 11 is 0. The van der Waals surface area contributed by atoms with Crippen LogP contribution in [0, 0.1) is 12.3 Å². The molecule has 98 valence electrons.